The first kappa shape index (κ1) is 12.3. The van der Waals surface area contributed by atoms with Crippen LogP contribution in [0.2, 0.25) is 0 Å². The molecule has 1 N–H and O–H groups in total. The number of pyridine rings is 1. The van der Waals surface area contributed by atoms with Crippen molar-refractivity contribution in [2.24, 2.45) is 0 Å². The average molecular weight is 241 g/mol. The summed E-state index contributed by atoms with van der Waals surface area (Å²) < 4.78 is 0. The molecule has 18 heavy (non-hydrogen) atoms. The summed E-state index contributed by atoms with van der Waals surface area (Å²) in [5, 5.41) is 9.41. The van der Waals surface area contributed by atoms with Gasteiger partial charge in [0.25, 0.3) is 0 Å². The largest absolute Gasteiger partial charge is 0.481 e. The highest BCUT2D eigenvalue weighted by Crippen LogP contribution is 2.25. The van der Waals surface area contributed by atoms with Gasteiger partial charge in [0.15, 0.2) is 0 Å². The minimum absolute atomic E-state index is 0.655. The molecule has 92 valence electrons. The predicted molar refractivity (Wildman–Crippen MR) is 69.6 cm³/mol. The normalized spacial score (nSPS) is 12.1. The number of carboxylic acids is 1. The lowest BCUT2D eigenvalue weighted by molar-refractivity contribution is -0.137. The molecule has 3 nitrogen and oxygen atoms in total. The number of aliphatic carboxylic acids is 1. The minimum Gasteiger partial charge on any atom is -0.481 e. The third-order valence-electron chi connectivity index (χ3n) is 3.13. The van der Waals surface area contributed by atoms with Gasteiger partial charge in [0.1, 0.15) is 5.92 Å². The first-order chi connectivity index (χ1) is 8.59. The fraction of sp³-hybridized carbons (Fsp3) is 0.200. The number of carboxylic acid groups (broad SMARTS) is 1. The van der Waals surface area contributed by atoms with Crippen LogP contribution in [0.1, 0.15) is 28.2 Å². The van der Waals surface area contributed by atoms with Crippen LogP contribution in [-0.2, 0) is 4.79 Å². The monoisotopic (exact) mass is 241 g/mol. The van der Waals surface area contributed by atoms with Gasteiger partial charge in [-0.3, -0.25) is 9.78 Å². The lowest BCUT2D eigenvalue weighted by atomic mass is 9.90. The molecule has 0 radical (unpaired) electrons. The number of nitrogens with zero attached hydrogens (tertiary/aromatic N) is 1. The molecule has 2 rings (SSSR count). The number of carbonyl (C=O) groups is 1. The Labute approximate surface area is 106 Å². The number of hydrogen-bond donors (Lipinski definition) is 1. The van der Waals surface area contributed by atoms with Gasteiger partial charge in [0.05, 0.1) is 0 Å². The molecule has 0 aliphatic rings. The molecule has 1 unspecified atom stereocenters. The van der Waals surface area contributed by atoms with E-state index >= 15 is 0 Å². The molecule has 1 aromatic heterocycles. The third kappa shape index (κ3) is 2.40. The van der Waals surface area contributed by atoms with Crippen molar-refractivity contribution in [1.29, 1.82) is 0 Å². The second-order valence-corrected chi connectivity index (χ2v) is 4.40. The van der Waals surface area contributed by atoms with Crippen molar-refractivity contribution in [3.05, 3.63) is 65.0 Å². The van der Waals surface area contributed by atoms with E-state index in [0.717, 1.165) is 16.7 Å². The quantitative estimate of drug-likeness (QED) is 0.898. The van der Waals surface area contributed by atoms with E-state index in [-0.39, 0.29) is 0 Å². The van der Waals surface area contributed by atoms with Crippen molar-refractivity contribution in [2.45, 2.75) is 19.8 Å². The van der Waals surface area contributed by atoms with Crippen LogP contribution in [0, 0.1) is 13.8 Å². The van der Waals surface area contributed by atoms with Crippen LogP contribution in [0.4, 0.5) is 0 Å². The Bertz CT molecular complexity index is 564. The summed E-state index contributed by atoms with van der Waals surface area (Å²) in [5.74, 6) is -1.51. The lowest BCUT2D eigenvalue weighted by Crippen LogP contribution is -2.13. The van der Waals surface area contributed by atoms with Gasteiger partial charge in [0.2, 0.25) is 0 Å². The van der Waals surface area contributed by atoms with Crippen molar-refractivity contribution < 1.29 is 9.90 Å². The van der Waals surface area contributed by atoms with Crippen molar-refractivity contribution in [3.8, 4) is 0 Å². The maximum Gasteiger partial charge on any atom is 0.315 e. The molecule has 0 saturated heterocycles. The first-order valence-electron chi connectivity index (χ1n) is 5.79. The van der Waals surface area contributed by atoms with Crippen LogP contribution < -0.4 is 0 Å². The average Bonchev–Trinajstić information content (AvgIpc) is 2.35. The van der Waals surface area contributed by atoms with Crippen molar-refractivity contribution in [2.75, 3.05) is 0 Å². The maximum atomic E-state index is 11.5. The summed E-state index contributed by atoms with van der Waals surface area (Å²) in [6, 6.07) is 9.31. The maximum absolute atomic E-state index is 11.5. The molecule has 0 aliphatic carbocycles. The fourth-order valence-corrected chi connectivity index (χ4v) is 1.97. The van der Waals surface area contributed by atoms with Crippen molar-refractivity contribution in [3.63, 3.8) is 0 Å². The molecule has 0 saturated carbocycles. The second kappa shape index (κ2) is 5.00. The smallest absolute Gasteiger partial charge is 0.315 e. The minimum atomic E-state index is -0.855. The number of hydrogen-bond acceptors (Lipinski definition) is 2. The number of benzene rings is 1. The van der Waals surface area contributed by atoms with E-state index in [9.17, 15) is 9.90 Å². The van der Waals surface area contributed by atoms with E-state index in [1.54, 1.807) is 24.5 Å². The molecular formula is C15H15NO2. The van der Waals surface area contributed by atoms with Gasteiger partial charge in [-0.05, 0) is 42.2 Å². The van der Waals surface area contributed by atoms with Gasteiger partial charge >= 0.3 is 5.97 Å². The fourth-order valence-electron chi connectivity index (χ4n) is 1.97. The molecule has 1 aromatic carbocycles. The molecule has 0 aliphatic heterocycles. The molecule has 0 amide bonds. The summed E-state index contributed by atoms with van der Waals surface area (Å²) in [6.07, 6.45) is 3.25. The predicted octanol–water partition coefficient (Wildman–Crippen LogP) is 2.91. The van der Waals surface area contributed by atoms with E-state index in [1.165, 1.54) is 0 Å². The second-order valence-electron chi connectivity index (χ2n) is 4.40. The number of rotatable bonds is 3. The highest BCUT2D eigenvalue weighted by molar-refractivity contribution is 5.80. The summed E-state index contributed by atoms with van der Waals surface area (Å²) in [7, 11) is 0. The topological polar surface area (TPSA) is 50.2 Å². The number of aromatic nitrogens is 1. The zero-order valence-corrected chi connectivity index (χ0v) is 10.4. The summed E-state index contributed by atoms with van der Waals surface area (Å²) >= 11 is 0. The lowest BCUT2D eigenvalue weighted by Gasteiger charge is -2.14. The molecule has 0 fully saturated rings. The van der Waals surface area contributed by atoms with E-state index in [0.29, 0.717) is 5.56 Å². The molecule has 1 atom stereocenters. The van der Waals surface area contributed by atoms with Crippen LogP contribution >= 0.6 is 0 Å². The summed E-state index contributed by atoms with van der Waals surface area (Å²) in [4.78, 5) is 15.5. The molecule has 1 heterocycles. The van der Waals surface area contributed by atoms with Gasteiger partial charge in [-0.25, -0.2) is 0 Å². The number of aryl methyl sites for hydroxylation is 2. The Hall–Kier alpha value is -2.16. The van der Waals surface area contributed by atoms with Gasteiger partial charge in [-0.15, -0.1) is 0 Å². The first-order valence-corrected chi connectivity index (χ1v) is 5.79. The summed E-state index contributed by atoms with van der Waals surface area (Å²) in [5.41, 5.74) is 3.75. The highest BCUT2D eigenvalue weighted by atomic mass is 16.4. The van der Waals surface area contributed by atoms with Gasteiger partial charge in [-0.2, -0.15) is 0 Å². The zero-order chi connectivity index (χ0) is 13.1. The van der Waals surface area contributed by atoms with Crippen LogP contribution in [0.25, 0.3) is 0 Å². The third-order valence-corrected chi connectivity index (χ3v) is 3.13. The Balaban J connectivity index is 2.49. The standard InChI is InChI=1S/C15H15NO2/c1-10-5-6-12(8-11(10)2)14(15(17)18)13-4-3-7-16-9-13/h3-9,14H,1-2H3,(H,17,18). The van der Waals surface area contributed by atoms with Gasteiger partial charge in [0, 0.05) is 12.4 Å². The van der Waals surface area contributed by atoms with Gasteiger partial charge in [-0.1, -0.05) is 24.3 Å². The molecule has 3 heteroatoms. The van der Waals surface area contributed by atoms with E-state index < -0.39 is 11.9 Å². The molecule has 0 spiro atoms. The Morgan fingerprint density at radius 3 is 2.50 bits per heavy atom. The van der Waals surface area contributed by atoms with Crippen LogP contribution in [0.3, 0.4) is 0 Å². The van der Waals surface area contributed by atoms with Gasteiger partial charge < -0.3 is 5.11 Å². The molecule has 2 aromatic rings. The van der Waals surface area contributed by atoms with E-state index in [2.05, 4.69) is 4.98 Å². The van der Waals surface area contributed by atoms with Crippen molar-refractivity contribution >= 4 is 5.97 Å². The molecular weight excluding hydrogens is 226 g/mol. The van der Waals surface area contributed by atoms with Crippen LogP contribution in [-0.4, -0.2) is 16.1 Å². The van der Waals surface area contributed by atoms with E-state index in [1.807, 2.05) is 32.0 Å². The Kier molecular flexibility index (Phi) is 3.42. The molecule has 0 bridgehead atoms. The Morgan fingerprint density at radius 2 is 1.94 bits per heavy atom. The zero-order valence-electron chi connectivity index (χ0n) is 10.4. The van der Waals surface area contributed by atoms with Crippen LogP contribution in [0.15, 0.2) is 42.7 Å². The SMILES string of the molecule is Cc1ccc(C(C(=O)O)c2cccnc2)cc1C. The van der Waals surface area contributed by atoms with E-state index in [4.69, 9.17) is 0 Å². The summed E-state index contributed by atoms with van der Waals surface area (Å²) in [6.45, 7) is 4.00. The van der Waals surface area contributed by atoms with Crippen molar-refractivity contribution in [1.82, 2.24) is 4.98 Å². The van der Waals surface area contributed by atoms with Crippen LogP contribution in [0.5, 0.6) is 0 Å². The Morgan fingerprint density at radius 1 is 1.17 bits per heavy atom. The highest BCUT2D eigenvalue weighted by Gasteiger charge is 2.22.